The van der Waals surface area contributed by atoms with Gasteiger partial charge < -0.3 is 26.2 Å². The Labute approximate surface area is 267 Å². The van der Waals surface area contributed by atoms with Crippen LogP contribution in [0.3, 0.4) is 0 Å². The number of hydrogen-bond donors (Lipinski definition) is 4. The monoisotopic (exact) mass is 653 g/mol. The number of nitrogens with one attached hydrogen (secondary N) is 4. The highest BCUT2D eigenvalue weighted by Gasteiger charge is 2.42. The summed E-state index contributed by atoms with van der Waals surface area (Å²) in [6.45, 7) is 6.95. The number of ketones is 1. The van der Waals surface area contributed by atoms with Gasteiger partial charge in [-0.05, 0) is 44.4 Å². The lowest BCUT2D eigenvalue weighted by atomic mass is 9.83. The molecule has 0 bridgehead atoms. The van der Waals surface area contributed by atoms with Crippen LogP contribution in [0.15, 0.2) is 12.7 Å². The molecule has 0 aromatic rings. The zero-order valence-electron chi connectivity index (χ0n) is 26.7. The van der Waals surface area contributed by atoms with Gasteiger partial charge in [-0.1, -0.05) is 45.1 Å². The number of nitrogens with zero attached hydrogens (tertiary/aromatic N) is 3. The predicted octanol–water partition coefficient (Wildman–Crippen LogP) is 0.654. The van der Waals surface area contributed by atoms with Crippen molar-refractivity contribution in [3.63, 3.8) is 0 Å². The fourth-order valence-corrected chi connectivity index (χ4v) is 7.73. The lowest BCUT2D eigenvalue weighted by molar-refractivity contribution is -0.143. The van der Waals surface area contributed by atoms with Gasteiger partial charge in [-0.3, -0.25) is 19.2 Å². The summed E-state index contributed by atoms with van der Waals surface area (Å²) in [6, 6.07) is -3.27. The molecule has 3 atom stereocenters. The SMILES string of the molecule is C=CCNC(=O)C(=O)C(CCCC)NC(=O)[C@@H]1CCCN1C(=O)[C@@H](NC(=O)NCCN1CCCN(C)S1(=O)=O)C1CCCCC1. The van der Waals surface area contributed by atoms with Crippen LogP contribution in [0.5, 0.6) is 0 Å². The number of amides is 5. The summed E-state index contributed by atoms with van der Waals surface area (Å²) in [7, 11) is -2.03. The van der Waals surface area contributed by atoms with E-state index in [1.165, 1.54) is 26.6 Å². The van der Waals surface area contributed by atoms with Crippen molar-refractivity contribution in [2.75, 3.05) is 46.3 Å². The van der Waals surface area contributed by atoms with Crippen LogP contribution in [0.2, 0.25) is 0 Å². The Balaban J connectivity index is 1.67. The van der Waals surface area contributed by atoms with Gasteiger partial charge in [0.2, 0.25) is 17.6 Å². The molecule has 2 heterocycles. The number of likely N-dealkylation sites (tertiary alicyclic amines) is 1. The van der Waals surface area contributed by atoms with Crippen molar-refractivity contribution < 1.29 is 32.4 Å². The van der Waals surface area contributed by atoms with Gasteiger partial charge in [-0.25, -0.2) is 4.79 Å². The van der Waals surface area contributed by atoms with Crippen molar-refractivity contribution >= 4 is 39.7 Å². The van der Waals surface area contributed by atoms with Crippen LogP contribution >= 0.6 is 0 Å². The molecule has 2 saturated heterocycles. The predicted molar refractivity (Wildman–Crippen MR) is 169 cm³/mol. The standard InChI is InChI=1S/C30H51N7O7S/c1-4-6-14-23(26(38)28(40)31-16-5-2)33-27(39)24-15-10-20-37(24)29(41)25(22-12-8-7-9-13-22)34-30(42)32-17-21-36-19-11-18-35(3)45(36,43)44/h5,22-25H,2,4,6-21H2,1,3H3,(H,31,40)(H,33,39)(H2,32,34,42)/t23?,24-,25-/m0/s1. The summed E-state index contributed by atoms with van der Waals surface area (Å²) >= 11 is 0. The van der Waals surface area contributed by atoms with Crippen molar-refractivity contribution in [1.29, 1.82) is 0 Å². The summed E-state index contributed by atoms with van der Waals surface area (Å²) in [5.74, 6) is -2.49. The highest BCUT2D eigenvalue weighted by Crippen LogP contribution is 2.29. The van der Waals surface area contributed by atoms with Crippen LogP contribution in [-0.4, -0.2) is 116 Å². The second-order valence-corrected chi connectivity index (χ2v) is 14.1. The molecule has 3 rings (SSSR count). The van der Waals surface area contributed by atoms with E-state index in [1.54, 1.807) is 0 Å². The van der Waals surface area contributed by atoms with Crippen molar-refractivity contribution in [2.45, 2.75) is 95.7 Å². The Bertz CT molecular complexity index is 1180. The number of carbonyl (C=O) groups is 5. The third-order valence-corrected chi connectivity index (χ3v) is 10.9. The van der Waals surface area contributed by atoms with E-state index in [0.29, 0.717) is 51.7 Å². The van der Waals surface area contributed by atoms with Crippen molar-refractivity contribution in [2.24, 2.45) is 5.92 Å². The number of carbonyl (C=O) groups excluding carboxylic acids is 5. The molecular weight excluding hydrogens is 602 g/mol. The lowest BCUT2D eigenvalue weighted by Gasteiger charge is -2.35. The number of urea groups is 1. The number of Topliss-reactive ketones (excluding diaryl/α,β-unsaturated/α-hetero) is 1. The highest BCUT2D eigenvalue weighted by molar-refractivity contribution is 7.86. The molecule has 0 radical (unpaired) electrons. The molecule has 3 aliphatic rings. The maximum Gasteiger partial charge on any atom is 0.315 e. The summed E-state index contributed by atoms with van der Waals surface area (Å²) in [5, 5.41) is 10.8. The van der Waals surface area contributed by atoms with Crippen molar-refractivity contribution in [3.8, 4) is 0 Å². The smallest absolute Gasteiger partial charge is 0.315 e. The molecule has 254 valence electrons. The normalized spacial score (nSPS) is 22.2. The maximum absolute atomic E-state index is 14.0. The molecule has 14 nitrogen and oxygen atoms in total. The summed E-state index contributed by atoms with van der Waals surface area (Å²) < 4.78 is 27.7. The molecule has 5 amide bonds. The second kappa shape index (κ2) is 17.6. The zero-order valence-corrected chi connectivity index (χ0v) is 27.5. The molecule has 0 aromatic carbocycles. The average Bonchev–Trinajstić information content (AvgIpc) is 3.53. The fraction of sp³-hybridized carbons (Fsp3) is 0.767. The van der Waals surface area contributed by atoms with Crippen LogP contribution in [0.4, 0.5) is 4.79 Å². The largest absolute Gasteiger partial charge is 0.346 e. The molecule has 1 aliphatic carbocycles. The molecule has 0 spiro atoms. The third-order valence-electron chi connectivity index (χ3n) is 8.87. The molecule has 3 fully saturated rings. The Morgan fingerprint density at radius 2 is 1.67 bits per heavy atom. The topological polar surface area (TPSA) is 177 Å². The van der Waals surface area contributed by atoms with Crippen LogP contribution in [0, 0.1) is 5.92 Å². The molecule has 1 unspecified atom stereocenters. The quantitative estimate of drug-likeness (QED) is 0.148. The van der Waals surface area contributed by atoms with Crippen LogP contribution in [0.1, 0.15) is 77.6 Å². The Kier molecular flexibility index (Phi) is 14.2. The maximum atomic E-state index is 14.0. The first-order valence-electron chi connectivity index (χ1n) is 16.3. The average molecular weight is 654 g/mol. The van der Waals surface area contributed by atoms with Gasteiger partial charge in [-0.15, -0.1) is 6.58 Å². The van der Waals surface area contributed by atoms with Gasteiger partial charge in [0, 0.05) is 46.3 Å². The van der Waals surface area contributed by atoms with E-state index < -0.39 is 52.0 Å². The third kappa shape index (κ3) is 9.97. The minimum absolute atomic E-state index is 0.0762. The summed E-state index contributed by atoms with van der Waals surface area (Å²) in [6.07, 6.45) is 9.24. The lowest BCUT2D eigenvalue weighted by Crippen LogP contribution is -2.59. The molecule has 15 heteroatoms. The molecular formula is C30H51N7O7S. The number of hydrogen-bond acceptors (Lipinski definition) is 7. The van der Waals surface area contributed by atoms with Gasteiger partial charge >= 0.3 is 6.03 Å². The van der Waals surface area contributed by atoms with Gasteiger partial charge in [0.25, 0.3) is 16.1 Å². The molecule has 0 aromatic heterocycles. The fourth-order valence-electron chi connectivity index (χ4n) is 6.30. The van der Waals surface area contributed by atoms with E-state index in [1.807, 2.05) is 6.92 Å². The molecule has 4 N–H and O–H groups in total. The first-order valence-corrected chi connectivity index (χ1v) is 17.7. The minimum atomic E-state index is -3.56. The van der Waals surface area contributed by atoms with E-state index in [4.69, 9.17) is 0 Å². The van der Waals surface area contributed by atoms with E-state index in [0.717, 1.165) is 38.5 Å². The first-order chi connectivity index (χ1) is 21.5. The second-order valence-electron chi connectivity index (χ2n) is 12.1. The highest BCUT2D eigenvalue weighted by atomic mass is 32.2. The van der Waals surface area contributed by atoms with Crippen LogP contribution in [0.25, 0.3) is 0 Å². The van der Waals surface area contributed by atoms with Gasteiger partial charge in [-0.2, -0.15) is 17.0 Å². The summed E-state index contributed by atoms with van der Waals surface area (Å²) in [4.78, 5) is 67.3. The van der Waals surface area contributed by atoms with E-state index in [9.17, 15) is 32.4 Å². The number of unbranched alkanes of at least 4 members (excludes halogenated alkanes) is 1. The Morgan fingerprint density at radius 3 is 2.36 bits per heavy atom. The van der Waals surface area contributed by atoms with Gasteiger partial charge in [0.15, 0.2) is 0 Å². The van der Waals surface area contributed by atoms with E-state index in [2.05, 4.69) is 27.8 Å². The van der Waals surface area contributed by atoms with Crippen molar-refractivity contribution in [1.82, 2.24) is 34.8 Å². The van der Waals surface area contributed by atoms with Gasteiger partial charge in [0.1, 0.15) is 12.1 Å². The van der Waals surface area contributed by atoms with Crippen molar-refractivity contribution in [3.05, 3.63) is 12.7 Å². The first kappa shape index (κ1) is 36.4. The van der Waals surface area contributed by atoms with Gasteiger partial charge in [0.05, 0.1) is 6.04 Å². The van der Waals surface area contributed by atoms with E-state index >= 15 is 0 Å². The Hall–Kier alpha value is -3.04. The van der Waals surface area contributed by atoms with Crippen LogP contribution in [-0.2, 0) is 29.4 Å². The van der Waals surface area contributed by atoms with Crippen LogP contribution < -0.4 is 21.3 Å². The van der Waals surface area contributed by atoms with E-state index in [-0.39, 0.29) is 31.5 Å². The minimum Gasteiger partial charge on any atom is -0.346 e. The molecule has 1 saturated carbocycles. The Morgan fingerprint density at radius 1 is 0.933 bits per heavy atom. The number of rotatable bonds is 15. The summed E-state index contributed by atoms with van der Waals surface area (Å²) in [5.41, 5.74) is 0. The molecule has 45 heavy (non-hydrogen) atoms. The molecule has 2 aliphatic heterocycles. The zero-order chi connectivity index (χ0) is 33.0.